The van der Waals surface area contributed by atoms with Gasteiger partial charge in [-0.15, -0.1) is 0 Å². The molecule has 0 saturated carbocycles. The second-order valence-corrected chi connectivity index (χ2v) is 7.11. The van der Waals surface area contributed by atoms with E-state index >= 15 is 0 Å². The highest BCUT2D eigenvalue weighted by Gasteiger charge is 2.30. The molecule has 3 aromatic rings. The molecule has 1 amide bonds. The third-order valence-corrected chi connectivity index (χ3v) is 4.40. The van der Waals surface area contributed by atoms with Crippen molar-refractivity contribution in [2.24, 2.45) is 0 Å². The molecule has 1 heterocycles. The summed E-state index contributed by atoms with van der Waals surface area (Å²) < 4.78 is 6.02. The van der Waals surface area contributed by atoms with Crippen LogP contribution >= 0.6 is 0 Å². The van der Waals surface area contributed by atoms with Gasteiger partial charge in [0.05, 0.1) is 11.3 Å². The van der Waals surface area contributed by atoms with E-state index in [1.165, 1.54) is 13.8 Å². The van der Waals surface area contributed by atoms with Gasteiger partial charge >= 0.3 is 5.97 Å². The van der Waals surface area contributed by atoms with Gasteiger partial charge in [0.15, 0.2) is 0 Å². The van der Waals surface area contributed by atoms with Gasteiger partial charge in [0, 0.05) is 11.1 Å². The van der Waals surface area contributed by atoms with Crippen LogP contribution in [0.4, 0.5) is 0 Å². The van der Waals surface area contributed by atoms with Crippen molar-refractivity contribution in [3.63, 3.8) is 0 Å². The number of carboxylic acids is 1. The van der Waals surface area contributed by atoms with Crippen molar-refractivity contribution < 1.29 is 19.4 Å². The highest BCUT2D eigenvalue weighted by molar-refractivity contribution is 6.05. The minimum absolute atomic E-state index is 0.193. The van der Waals surface area contributed by atoms with Crippen LogP contribution in [0.15, 0.2) is 54.6 Å². The summed E-state index contributed by atoms with van der Waals surface area (Å²) in [7, 11) is 0. The Morgan fingerprint density at radius 2 is 1.82 bits per heavy atom. The second kappa shape index (κ2) is 7.68. The standard InChI is InChI=1S/C22H22N2O4/c1-14-7-6-9-16(23-14)13-28-19-17-10-5-4-8-15(17)11-12-18(19)20(25)24-22(2,3)21(26)27/h4-12H,13H2,1-3H3,(H,24,25)(H,26,27). The number of pyridine rings is 1. The molecule has 3 rings (SSSR count). The van der Waals surface area contributed by atoms with E-state index in [0.717, 1.165) is 22.2 Å². The van der Waals surface area contributed by atoms with Gasteiger partial charge in [0.1, 0.15) is 17.9 Å². The zero-order valence-corrected chi connectivity index (χ0v) is 16.0. The molecule has 0 aliphatic heterocycles. The fourth-order valence-electron chi connectivity index (χ4n) is 2.81. The highest BCUT2D eigenvalue weighted by atomic mass is 16.5. The number of hydrogen-bond acceptors (Lipinski definition) is 4. The average molecular weight is 378 g/mol. The van der Waals surface area contributed by atoms with E-state index in [0.29, 0.717) is 5.75 Å². The maximum absolute atomic E-state index is 12.8. The Hall–Kier alpha value is -3.41. The van der Waals surface area contributed by atoms with E-state index in [-0.39, 0.29) is 12.2 Å². The Bertz CT molecular complexity index is 1040. The summed E-state index contributed by atoms with van der Waals surface area (Å²) >= 11 is 0. The Kier molecular flexibility index (Phi) is 5.31. The Balaban J connectivity index is 1.99. The van der Waals surface area contributed by atoms with E-state index in [1.807, 2.05) is 55.5 Å². The molecule has 28 heavy (non-hydrogen) atoms. The molecule has 0 aliphatic rings. The minimum Gasteiger partial charge on any atom is -0.486 e. The molecular formula is C22H22N2O4. The highest BCUT2D eigenvalue weighted by Crippen LogP contribution is 2.31. The Morgan fingerprint density at radius 1 is 1.07 bits per heavy atom. The molecule has 144 valence electrons. The first kappa shape index (κ1) is 19.4. The number of amides is 1. The van der Waals surface area contributed by atoms with Crippen LogP contribution in [0.25, 0.3) is 10.8 Å². The SMILES string of the molecule is Cc1cccc(COc2c(C(=O)NC(C)(C)C(=O)O)ccc3ccccc23)n1. The lowest BCUT2D eigenvalue weighted by molar-refractivity contribution is -0.143. The third kappa shape index (κ3) is 4.11. The monoisotopic (exact) mass is 378 g/mol. The molecular weight excluding hydrogens is 356 g/mol. The molecule has 0 aliphatic carbocycles. The third-order valence-electron chi connectivity index (χ3n) is 4.40. The number of aromatic nitrogens is 1. The van der Waals surface area contributed by atoms with Crippen LogP contribution in [0.2, 0.25) is 0 Å². The number of nitrogens with one attached hydrogen (secondary N) is 1. The number of carbonyl (C=O) groups excluding carboxylic acids is 1. The maximum atomic E-state index is 12.8. The largest absolute Gasteiger partial charge is 0.486 e. The van der Waals surface area contributed by atoms with Gasteiger partial charge in [-0.2, -0.15) is 0 Å². The van der Waals surface area contributed by atoms with Crippen molar-refractivity contribution in [1.29, 1.82) is 0 Å². The zero-order chi connectivity index (χ0) is 20.3. The fraction of sp³-hybridized carbons (Fsp3) is 0.227. The van der Waals surface area contributed by atoms with Crippen molar-refractivity contribution in [2.45, 2.75) is 32.9 Å². The first-order valence-corrected chi connectivity index (χ1v) is 8.91. The topological polar surface area (TPSA) is 88.5 Å². The van der Waals surface area contributed by atoms with E-state index in [1.54, 1.807) is 6.07 Å². The molecule has 0 bridgehead atoms. The van der Waals surface area contributed by atoms with Crippen LogP contribution < -0.4 is 10.1 Å². The molecule has 0 radical (unpaired) electrons. The predicted molar refractivity (Wildman–Crippen MR) is 106 cm³/mol. The van der Waals surface area contributed by atoms with Gasteiger partial charge in [-0.25, -0.2) is 4.79 Å². The lowest BCUT2D eigenvalue weighted by Gasteiger charge is -2.22. The van der Waals surface area contributed by atoms with Gasteiger partial charge in [-0.1, -0.05) is 36.4 Å². The number of rotatable bonds is 6. The van der Waals surface area contributed by atoms with Crippen LogP contribution in [0.5, 0.6) is 5.75 Å². The van der Waals surface area contributed by atoms with Gasteiger partial charge in [-0.05, 0) is 44.4 Å². The van der Waals surface area contributed by atoms with Crippen molar-refractivity contribution in [1.82, 2.24) is 10.3 Å². The van der Waals surface area contributed by atoms with Crippen molar-refractivity contribution in [2.75, 3.05) is 0 Å². The first-order valence-electron chi connectivity index (χ1n) is 8.91. The van der Waals surface area contributed by atoms with E-state index in [2.05, 4.69) is 10.3 Å². The fourth-order valence-corrected chi connectivity index (χ4v) is 2.81. The van der Waals surface area contributed by atoms with Crippen molar-refractivity contribution in [3.05, 3.63) is 71.5 Å². The number of ether oxygens (including phenoxy) is 1. The van der Waals surface area contributed by atoms with Crippen LogP contribution in [0, 0.1) is 6.92 Å². The van der Waals surface area contributed by atoms with Crippen LogP contribution in [0.3, 0.4) is 0 Å². The Labute approximate surface area is 163 Å². The predicted octanol–water partition coefficient (Wildman–Crippen LogP) is 3.72. The quantitative estimate of drug-likeness (QED) is 0.682. The number of carbonyl (C=O) groups is 2. The molecule has 6 heteroatoms. The number of aryl methyl sites for hydroxylation is 1. The summed E-state index contributed by atoms with van der Waals surface area (Å²) in [4.78, 5) is 28.6. The number of hydrogen-bond donors (Lipinski definition) is 2. The smallest absolute Gasteiger partial charge is 0.328 e. The molecule has 0 spiro atoms. The summed E-state index contributed by atoms with van der Waals surface area (Å²) in [6.07, 6.45) is 0. The molecule has 1 aromatic heterocycles. The summed E-state index contributed by atoms with van der Waals surface area (Å²) in [6.45, 7) is 4.96. The first-order chi connectivity index (χ1) is 13.3. The summed E-state index contributed by atoms with van der Waals surface area (Å²) in [5, 5.41) is 13.5. The van der Waals surface area contributed by atoms with Gasteiger partial charge in [0.25, 0.3) is 5.91 Å². The zero-order valence-electron chi connectivity index (χ0n) is 16.0. The van der Waals surface area contributed by atoms with Crippen molar-refractivity contribution >= 4 is 22.6 Å². The lowest BCUT2D eigenvalue weighted by Crippen LogP contribution is -2.49. The van der Waals surface area contributed by atoms with E-state index < -0.39 is 17.4 Å². The van der Waals surface area contributed by atoms with Crippen molar-refractivity contribution in [3.8, 4) is 5.75 Å². The van der Waals surface area contributed by atoms with Gasteiger partial charge in [0.2, 0.25) is 0 Å². The van der Waals surface area contributed by atoms with Gasteiger partial charge < -0.3 is 15.2 Å². The number of fused-ring (bicyclic) bond motifs is 1. The second-order valence-electron chi connectivity index (χ2n) is 7.11. The number of nitrogens with zero attached hydrogens (tertiary/aromatic N) is 1. The Morgan fingerprint density at radius 3 is 2.54 bits per heavy atom. The van der Waals surface area contributed by atoms with E-state index in [9.17, 15) is 14.7 Å². The normalized spacial score (nSPS) is 11.2. The average Bonchev–Trinajstić information content (AvgIpc) is 2.65. The molecule has 0 unspecified atom stereocenters. The molecule has 2 aromatic carbocycles. The minimum atomic E-state index is -1.40. The lowest BCUT2D eigenvalue weighted by atomic mass is 10.0. The summed E-state index contributed by atoms with van der Waals surface area (Å²) in [5.74, 6) is -1.22. The van der Waals surface area contributed by atoms with Crippen LogP contribution in [-0.4, -0.2) is 27.5 Å². The molecule has 0 atom stereocenters. The summed E-state index contributed by atoms with van der Waals surface area (Å²) in [5.41, 5.74) is 0.490. The molecule has 2 N–H and O–H groups in total. The number of carboxylic acid groups (broad SMARTS) is 1. The van der Waals surface area contributed by atoms with Gasteiger partial charge in [-0.3, -0.25) is 9.78 Å². The molecule has 6 nitrogen and oxygen atoms in total. The molecule has 0 fully saturated rings. The van der Waals surface area contributed by atoms with Crippen LogP contribution in [0.1, 0.15) is 35.6 Å². The summed E-state index contributed by atoms with van der Waals surface area (Å²) in [6, 6.07) is 16.7. The number of benzene rings is 2. The van der Waals surface area contributed by atoms with Crippen LogP contribution in [-0.2, 0) is 11.4 Å². The van der Waals surface area contributed by atoms with E-state index in [4.69, 9.17) is 4.74 Å². The molecule has 0 saturated heterocycles. The maximum Gasteiger partial charge on any atom is 0.328 e. The number of aliphatic carboxylic acids is 1.